The Morgan fingerprint density at radius 3 is 1.09 bits per heavy atom. The van der Waals surface area contributed by atoms with Gasteiger partial charge in [-0.1, -0.05) is 24.3 Å². The summed E-state index contributed by atoms with van der Waals surface area (Å²) in [6.45, 7) is 0. The summed E-state index contributed by atoms with van der Waals surface area (Å²) in [6.07, 6.45) is 0. The van der Waals surface area contributed by atoms with E-state index in [1.807, 2.05) is 0 Å². The molecule has 0 aliphatic heterocycles. The maximum absolute atomic E-state index is 10.3. The standard InChI is InChI=1S/2C7H6O3.2H2O.Zn/c2*8-6-4-2-1-3-5(6)7(9)10;;;/h2*1-4,8H,(H,9,10);2*1H2;. The third kappa shape index (κ3) is 7.91. The number of benzene rings is 2. The molecule has 9 heteroatoms. The van der Waals surface area contributed by atoms with Gasteiger partial charge in [0, 0.05) is 19.5 Å². The van der Waals surface area contributed by atoms with Crippen LogP contribution in [0.25, 0.3) is 0 Å². The molecule has 0 saturated heterocycles. The molecular weight excluding hydrogens is 362 g/mol. The maximum atomic E-state index is 10.3. The molecule has 0 aliphatic rings. The average Bonchev–Trinajstić information content (AvgIpc) is 2.40. The van der Waals surface area contributed by atoms with E-state index in [1.165, 1.54) is 24.3 Å². The van der Waals surface area contributed by atoms with Crippen LogP contribution in [0.4, 0.5) is 0 Å². The fourth-order valence-electron chi connectivity index (χ4n) is 1.31. The van der Waals surface area contributed by atoms with E-state index in [4.69, 9.17) is 20.4 Å². The van der Waals surface area contributed by atoms with E-state index in [1.54, 1.807) is 24.3 Å². The molecular formula is C14H16O8Zn. The molecule has 0 spiro atoms. The predicted octanol–water partition coefficient (Wildman–Crippen LogP) is 0.529. The summed E-state index contributed by atoms with van der Waals surface area (Å²) < 4.78 is 0. The number of phenols is 2. The summed E-state index contributed by atoms with van der Waals surface area (Å²) in [6, 6.07) is 11.6. The Balaban J connectivity index is -0.000000308. The molecule has 0 bridgehead atoms. The van der Waals surface area contributed by atoms with Crippen LogP contribution in [0.3, 0.4) is 0 Å². The Bertz CT molecular complexity index is 574. The minimum absolute atomic E-state index is 0. The van der Waals surface area contributed by atoms with Crippen LogP contribution in [0.15, 0.2) is 48.5 Å². The Morgan fingerprint density at radius 1 is 0.652 bits per heavy atom. The topological polar surface area (TPSA) is 178 Å². The summed E-state index contributed by atoms with van der Waals surface area (Å²) in [5.74, 6) is -2.62. The number of hydrogen-bond acceptors (Lipinski definition) is 4. The van der Waals surface area contributed by atoms with Gasteiger partial charge in [-0.3, -0.25) is 0 Å². The summed E-state index contributed by atoms with van der Waals surface area (Å²) in [5, 5.41) is 34.6. The zero-order valence-electron chi connectivity index (χ0n) is 11.9. The van der Waals surface area contributed by atoms with Crippen LogP contribution < -0.4 is 0 Å². The van der Waals surface area contributed by atoms with Gasteiger partial charge in [0.2, 0.25) is 0 Å². The molecule has 2 rings (SSSR count). The number of aromatic hydroxyl groups is 2. The van der Waals surface area contributed by atoms with Gasteiger partial charge in [0.1, 0.15) is 22.6 Å². The summed E-state index contributed by atoms with van der Waals surface area (Å²) in [5.41, 5.74) is -0.134. The Hall–Kier alpha value is -2.48. The quantitative estimate of drug-likeness (QED) is 0.554. The minimum Gasteiger partial charge on any atom is -0.507 e. The second-order valence-electron chi connectivity index (χ2n) is 3.64. The second kappa shape index (κ2) is 12.1. The van der Waals surface area contributed by atoms with Crippen molar-refractivity contribution in [2.45, 2.75) is 0 Å². The molecule has 8 nitrogen and oxygen atoms in total. The molecule has 0 fully saturated rings. The van der Waals surface area contributed by atoms with Crippen molar-refractivity contribution in [2.24, 2.45) is 0 Å². The predicted molar refractivity (Wildman–Crippen MR) is 77.4 cm³/mol. The van der Waals surface area contributed by atoms with Crippen LogP contribution in [0.2, 0.25) is 0 Å². The van der Waals surface area contributed by atoms with Crippen molar-refractivity contribution in [3.63, 3.8) is 0 Å². The van der Waals surface area contributed by atoms with Crippen molar-refractivity contribution in [1.82, 2.24) is 0 Å². The molecule has 0 amide bonds. The van der Waals surface area contributed by atoms with Crippen LogP contribution in [0.5, 0.6) is 11.5 Å². The number of para-hydroxylation sites is 2. The summed E-state index contributed by atoms with van der Waals surface area (Å²) in [7, 11) is 0. The number of carbonyl (C=O) groups is 2. The molecule has 23 heavy (non-hydrogen) atoms. The van der Waals surface area contributed by atoms with Crippen molar-refractivity contribution in [2.75, 3.05) is 0 Å². The third-order valence-electron chi connectivity index (χ3n) is 2.27. The molecule has 0 radical (unpaired) electrons. The molecule has 2 aromatic rings. The van der Waals surface area contributed by atoms with Crippen molar-refractivity contribution >= 4 is 11.9 Å². The second-order valence-corrected chi connectivity index (χ2v) is 3.64. The van der Waals surface area contributed by atoms with E-state index in [2.05, 4.69) is 0 Å². The van der Waals surface area contributed by atoms with Crippen LogP contribution in [0, 0.1) is 0 Å². The Morgan fingerprint density at radius 2 is 0.913 bits per heavy atom. The van der Waals surface area contributed by atoms with Crippen molar-refractivity contribution in [3.8, 4) is 11.5 Å². The zero-order chi connectivity index (χ0) is 15.1. The van der Waals surface area contributed by atoms with E-state index >= 15 is 0 Å². The van der Waals surface area contributed by atoms with Crippen LogP contribution >= 0.6 is 0 Å². The molecule has 0 saturated carbocycles. The van der Waals surface area contributed by atoms with E-state index < -0.39 is 11.9 Å². The van der Waals surface area contributed by atoms with Gasteiger partial charge in [-0.2, -0.15) is 0 Å². The smallest absolute Gasteiger partial charge is 0.339 e. The van der Waals surface area contributed by atoms with Gasteiger partial charge in [0.05, 0.1) is 0 Å². The largest absolute Gasteiger partial charge is 0.507 e. The van der Waals surface area contributed by atoms with Gasteiger partial charge < -0.3 is 31.4 Å². The van der Waals surface area contributed by atoms with Crippen molar-refractivity contribution < 1.29 is 60.4 Å². The summed E-state index contributed by atoms with van der Waals surface area (Å²) in [4.78, 5) is 20.5. The fraction of sp³-hybridized carbons (Fsp3) is 0. The normalized spacial score (nSPS) is 8.00. The monoisotopic (exact) mass is 376 g/mol. The maximum Gasteiger partial charge on any atom is 0.339 e. The van der Waals surface area contributed by atoms with E-state index in [0.717, 1.165) is 0 Å². The number of aromatic carboxylic acids is 2. The fourth-order valence-corrected chi connectivity index (χ4v) is 1.31. The minimum atomic E-state index is -1.11. The Labute approximate surface area is 144 Å². The van der Waals surface area contributed by atoms with Crippen LogP contribution in [0.1, 0.15) is 20.7 Å². The van der Waals surface area contributed by atoms with Crippen LogP contribution in [-0.4, -0.2) is 43.3 Å². The van der Waals surface area contributed by atoms with Gasteiger partial charge in [-0.15, -0.1) is 0 Å². The number of carboxylic acid groups (broad SMARTS) is 2. The van der Waals surface area contributed by atoms with Gasteiger partial charge in [0.25, 0.3) is 0 Å². The van der Waals surface area contributed by atoms with Crippen LogP contribution in [-0.2, 0) is 19.5 Å². The molecule has 8 N–H and O–H groups in total. The number of rotatable bonds is 2. The number of carboxylic acids is 2. The zero-order valence-corrected chi connectivity index (χ0v) is 14.9. The van der Waals surface area contributed by atoms with E-state index in [9.17, 15) is 9.59 Å². The van der Waals surface area contributed by atoms with E-state index in [-0.39, 0.29) is 53.1 Å². The molecule has 0 aliphatic carbocycles. The Kier molecular flexibility index (Phi) is 13.4. The molecule has 0 unspecified atom stereocenters. The average molecular weight is 378 g/mol. The SMILES string of the molecule is O.O.O=C(O)c1ccccc1O.O=C(O)c1ccccc1O.[Zn]. The van der Waals surface area contributed by atoms with Gasteiger partial charge in [-0.05, 0) is 24.3 Å². The first kappa shape index (κ1) is 25.5. The van der Waals surface area contributed by atoms with Gasteiger partial charge >= 0.3 is 11.9 Å². The molecule has 2 aromatic carbocycles. The van der Waals surface area contributed by atoms with Gasteiger partial charge in [0.15, 0.2) is 0 Å². The van der Waals surface area contributed by atoms with E-state index in [0.29, 0.717) is 0 Å². The molecule has 0 aromatic heterocycles. The molecule has 122 valence electrons. The first-order valence-corrected chi connectivity index (χ1v) is 5.46. The first-order valence-electron chi connectivity index (χ1n) is 5.46. The van der Waals surface area contributed by atoms with Gasteiger partial charge in [-0.25, -0.2) is 9.59 Å². The molecule has 0 atom stereocenters. The van der Waals surface area contributed by atoms with Crippen molar-refractivity contribution in [3.05, 3.63) is 59.7 Å². The molecule has 0 heterocycles. The first-order chi connectivity index (χ1) is 9.43. The van der Waals surface area contributed by atoms with Crippen molar-refractivity contribution in [1.29, 1.82) is 0 Å². The third-order valence-corrected chi connectivity index (χ3v) is 2.27. The number of hydrogen-bond donors (Lipinski definition) is 4. The summed E-state index contributed by atoms with van der Waals surface area (Å²) >= 11 is 0.